The third kappa shape index (κ3) is 5.63. The van der Waals surface area contributed by atoms with E-state index >= 15 is 0 Å². The number of carbonyl (C=O) groups is 1. The molecule has 0 bridgehead atoms. The minimum absolute atomic E-state index is 0.00989. The van der Waals surface area contributed by atoms with Crippen LogP contribution in [0.3, 0.4) is 0 Å². The van der Waals surface area contributed by atoms with Crippen molar-refractivity contribution in [1.29, 1.82) is 0 Å². The molecule has 4 rings (SSSR count). The molecule has 178 valence electrons. The molecule has 8 heteroatoms. The number of piperidine rings is 1. The van der Waals surface area contributed by atoms with Gasteiger partial charge in [-0.1, -0.05) is 48.4 Å². The second-order valence-electron chi connectivity index (χ2n) is 8.75. The van der Waals surface area contributed by atoms with Gasteiger partial charge < -0.3 is 10.1 Å². The zero-order valence-electron chi connectivity index (χ0n) is 19.2. The van der Waals surface area contributed by atoms with E-state index in [1.807, 2.05) is 0 Å². The van der Waals surface area contributed by atoms with Gasteiger partial charge in [0.1, 0.15) is 0 Å². The van der Waals surface area contributed by atoms with Crippen molar-refractivity contribution in [2.24, 2.45) is 0 Å². The molecule has 0 radical (unpaired) electrons. The number of aryl methyl sites for hydroxylation is 1. The Morgan fingerprint density at radius 2 is 1.64 bits per heavy atom. The lowest BCUT2D eigenvalue weighted by atomic mass is 10.0. The van der Waals surface area contributed by atoms with Crippen LogP contribution in [0.2, 0.25) is 0 Å². The molecule has 0 aromatic heterocycles. The third-order valence-corrected chi connectivity index (χ3v) is 8.43. The molecule has 33 heavy (non-hydrogen) atoms. The van der Waals surface area contributed by atoms with Crippen LogP contribution in [0.25, 0.3) is 0 Å². The van der Waals surface area contributed by atoms with Crippen LogP contribution < -0.4 is 5.32 Å². The Morgan fingerprint density at radius 3 is 2.33 bits per heavy atom. The largest absolute Gasteiger partial charge is 0.379 e. The molecule has 1 atom stereocenters. The van der Waals surface area contributed by atoms with Gasteiger partial charge in [-0.2, -0.15) is 4.31 Å². The molecule has 2 aromatic rings. The van der Waals surface area contributed by atoms with Gasteiger partial charge in [-0.05, 0) is 37.5 Å². The number of morpholine rings is 1. The number of nitrogens with zero attached hydrogens (tertiary/aromatic N) is 2. The molecule has 2 aliphatic heterocycles. The molecule has 2 aliphatic rings. The topological polar surface area (TPSA) is 79.0 Å². The third-order valence-electron chi connectivity index (χ3n) is 6.47. The molecular weight excluding hydrogens is 438 g/mol. The van der Waals surface area contributed by atoms with Crippen molar-refractivity contribution in [2.75, 3.05) is 45.9 Å². The number of rotatable bonds is 7. The Kier molecular flexibility index (Phi) is 7.80. The minimum atomic E-state index is -3.71. The first kappa shape index (κ1) is 23.9. The fourth-order valence-corrected chi connectivity index (χ4v) is 6.25. The standard InChI is InChI=1S/C25H33N3O4S/c1-20-9-11-21(12-10-20)23(27-15-17-32-18-16-27)19-26-25(29)22-7-3-4-8-24(22)33(30,31)28-13-5-2-6-14-28/h3-4,7-12,23H,2,5-6,13-19H2,1H3,(H,26,29). The van der Waals surface area contributed by atoms with Crippen LogP contribution in [0.15, 0.2) is 53.4 Å². The van der Waals surface area contributed by atoms with Gasteiger partial charge in [0.15, 0.2) is 0 Å². The molecule has 1 unspecified atom stereocenters. The Hall–Kier alpha value is -2.26. The maximum Gasteiger partial charge on any atom is 0.252 e. The number of amides is 1. The van der Waals surface area contributed by atoms with Crippen molar-refractivity contribution in [3.05, 3.63) is 65.2 Å². The SMILES string of the molecule is Cc1ccc(C(CNC(=O)c2ccccc2S(=O)(=O)N2CCCCC2)N2CCOCC2)cc1. The number of benzene rings is 2. The van der Waals surface area contributed by atoms with Crippen LogP contribution >= 0.6 is 0 Å². The van der Waals surface area contributed by atoms with Crippen molar-refractivity contribution >= 4 is 15.9 Å². The molecule has 7 nitrogen and oxygen atoms in total. The molecule has 2 heterocycles. The Morgan fingerprint density at radius 1 is 0.970 bits per heavy atom. The zero-order valence-corrected chi connectivity index (χ0v) is 20.0. The van der Waals surface area contributed by atoms with Gasteiger partial charge in [0.25, 0.3) is 5.91 Å². The Balaban J connectivity index is 1.54. The number of hydrogen-bond acceptors (Lipinski definition) is 5. The summed E-state index contributed by atoms with van der Waals surface area (Å²) in [5.41, 5.74) is 2.50. The van der Waals surface area contributed by atoms with E-state index in [0.29, 0.717) is 32.8 Å². The van der Waals surface area contributed by atoms with Gasteiger partial charge in [0.05, 0.1) is 29.7 Å². The van der Waals surface area contributed by atoms with Crippen LogP contribution in [-0.2, 0) is 14.8 Å². The van der Waals surface area contributed by atoms with E-state index in [4.69, 9.17) is 4.74 Å². The molecule has 2 aromatic carbocycles. The second kappa shape index (κ2) is 10.8. The normalized spacial score (nSPS) is 19.2. The number of nitrogens with one attached hydrogen (secondary N) is 1. The summed E-state index contributed by atoms with van der Waals surface area (Å²) in [5.74, 6) is -0.364. The average molecular weight is 472 g/mol. The van der Waals surface area contributed by atoms with Gasteiger partial charge >= 0.3 is 0 Å². The molecule has 0 aliphatic carbocycles. The number of hydrogen-bond donors (Lipinski definition) is 1. The highest BCUT2D eigenvalue weighted by Crippen LogP contribution is 2.25. The highest BCUT2D eigenvalue weighted by molar-refractivity contribution is 7.89. The van der Waals surface area contributed by atoms with Gasteiger partial charge in [-0.15, -0.1) is 0 Å². The predicted molar refractivity (Wildman–Crippen MR) is 128 cm³/mol. The lowest BCUT2D eigenvalue weighted by Gasteiger charge is -2.35. The summed E-state index contributed by atoms with van der Waals surface area (Å²) in [5, 5.41) is 3.02. The van der Waals surface area contributed by atoms with Crippen LogP contribution in [0.1, 0.15) is 46.8 Å². The van der Waals surface area contributed by atoms with E-state index in [-0.39, 0.29) is 22.4 Å². The molecule has 1 amide bonds. The summed E-state index contributed by atoms with van der Waals surface area (Å²) in [6.07, 6.45) is 2.74. The maximum atomic E-state index is 13.3. The number of sulfonamides is 1. The highest BCUT2D eigenvalue weighted by atomic mass is 32.2. The van der Waals surface area contributed by atoms with Crippen molar-refractivity contribution in [1.82, 2.24) is 14.5 Å². The van der Waals surface area contributed by atoms with E-state index in [2.05, 4.69) is 41.4 Å². The molecule has 2 fully saturated rings. The maximum absolute atomic E-state index is 13.3. The molecule has 0 spiro atoms. The first-order chi connectivity index (χ1) is 16.0. The zero-order chi connectivity index (χ0) is 23.3. The van der Waals surface area contributed by atoms with Gasteiger partial charge in [-0.25, -0.2) is 8.42 Å². The smallest absolute Gasteiger partial charge is 0.252 e. The van der Waals surface area contributed by atoms with Crippen LogP contribution in [0.4, 0.5) is 0 Å². The summed E-state index contributed by atoms with van der Waals surface area (Å²) >= 11 is 0. The fourth-order valence-electron chi connectivity index (χ4n) is 4.54. The average Bonchev–Trinajstić information content (AvgIpc) is 2.86. The van der Waals surface area contributed by atoms with Crippen LogP contribution in [0.5, 0.6) is 0 Å². The predicted octanol–water partition coefficient (Wildman–Crippen LogP) is 2.97. The van der Waals surface area contributed by atoms with Crippen molar-refractivity contribution in [3.63, 3.8) is 0 Å². The first-order valence-electron chi connectivity index (χ1n) is 11.7. The second-order valence-corrected chi connectivity index (χ2v) is 10.7. The molecule has 0 saturated carbocycles. The summed E-state index contributed by atoms with van der Waals surface area (Å²) in [4.78, 5) is 15.6. The van der Waals surface area contributed by atoms with Gasteiger partial charge in [0.2, 0.25) is 10.0 Å². The quantitative estimate of drug-likeness (QED) is 0.672. The van der Waals surface area contributed by atoms with Crippen LogP contribution in [-0.4, -0.2) is 69.5 Å². The van der Waals surface area contributed by atoms with Crippen LogP contribution in [0, 0.1) is 6.92 Å². The lowest BCUT2D eigenvalue weighted by molar-refractivity contribution is 0.0162. The minimum Gasteiger partial charge on any atom is -0.379 e. The Labute approximate surface area is 196 Å². The first-order valence-corrected chi connectivity index (χ1v) is 13.2. The van der Waals surface area contributed by atoms with Gasteiger partial charge in [0, 0.05) is 32.7 Å². The number of carbonyl (C=O) groups excluding carboxylic acids is 1. The monoisotopic (exact) mass is 471 g/mol. The Bertz CT molecular complexity index is 1040. The summed E-state index contributed by atoms with van der Waals surface area (Å²) in [6, 6.07) is 14.9. The van der Waals surface area contributed by atoms with Crippen molar-refractivity contribution in [3.8, 4) is 0 Å². The van der Waals surface area contributed by atoms with E-state index in [0.717, 1.165) is 37.9 Å². The summed E-state index contributed by atoms with van der Waals surface area (Å²) in [6.45, 7) is 6.34. The van der Waals surface area contributed by atoms with E-state index in [1.54, 1.807) is 18.2 Å². The summed E-state index contributed by atoms with van der Waals surface area (Å²) < 4.78 is 33.6. The summed E-state index contributed by atoms with van der Waals surface area (Å²) in [7, 11) is -3.71. The van der Waals surface area contributed by atoms with Crippen molar-refractivity contribution < 1.29 is 17.9 Å². The molecule has 1 N–H and O–H groups in total. The van der Waals surface area contributed by atoms with Crippen molar-refractivity contribution in [2.45, 2.75) is 37.1 Å². The fraction of sp³-hybridized carbons (Fsp3) is 0.480. The van der Waals surface area contributed by atoms with E-state index in [1.165, 1.54) is 15.9 Å². The lowest BCUT2D eigenvalue weighted by Crippen LogP contribution is -2.44. The molecule has 2 saturated heterocycles. The van der Waals surface area contributed by atoms with E-state index < -0.39 is 10.0 Å². The highest BCUT2D eigenvalue weighted by Gasteiger charge is 2.30. The van der Waals surface area contributed by atoms with Gasteiger partial charge in [-0.3, -0.25) is 9.69 Å². The number of ether oxygens (including phenoxy) is 1. The van der Waals surface area contributed by atoms with E-state index in [9.17, 15) is 13.2 Å². The molecular formula is C25H33N3O4S.